The molecule has 178 valence electrons. The first kappa shape index (κ1) is 21.5. The Bertz CT molecular complexity index is 1110. The molecule has 1 aromatic rings. The number of halogens is 1. The van der Waals surface area contributed by atoms with Gasteiger partial charge in [-0.05, 0) is 62.1 Å². The van der Waals surface area contributed by atoms with E-state index in [1.165, 1.54) is 43.0 Å². The van der Waals surface area contributed by atoms with E-state index < -0.39 is 5.82 Å². The van der Waals surface area contributed by atoms with Crippen molar-refractivity contribution in [1.82, 2.24) is 15.5 Å². The lowest BCUT2D eigenvalue weighted by Gasteiger charge is -2.30. The van der Waals surface area contributed by atoms with Crippen LogP contribution in [0, 0.1) is 17.1 Å². The number of ether oxygens (including phenoxy) is 1. The molecule has 0 aromatic heterocycles. The number of benzene rings is 1. The Morgan fingerprint density at radius 2 is 1.94 bits per heavy atom. The molecule has 7 nitrogen and oxygen atoms in total. The average molecular weight is 464 g/mol. The number of allylic oxidation sites excluding steroid dienone is 1. The molecule has 3 saturated heterocycles. The van der Waals surface area contributed by atoms with Crippen molar-refractivity contribution in [3.63, 3.8) is 0 Å². The van der Waals surface area contributed by atoms with Crippen molar-refractivity contribution in [2.24, 2.45) is 10.9 Å². The van der Waals surface area contributed by atoms with Gasteiger partial charge < -0.3 is 25.7 Å². The summed E-state index contributed by atoms with van der Waals surface area (Å²) >= 11 is 0. The third kappa shape index (κ3) is 4.04. The lowest BCUT2D eigenvalue weighted by Crippen LogP contribution is -2.42. The summed E-state index contributed by atoms with van der Waals surface area (Å²) in [6, 6.07) is 4.99. The summed E-state index contributed by atoms with van der Waals surface area (Å²) in [4.78, 5) is 19.6. The lowest BCUT2D eigenvalue weighted by atomic mass is 9.80. The fraction of sp³-hybridized carbons (Fsp3) is 0.500. The second kappa shape index (κ2) is 8.65. The minimum absolute atomic E-state index is 0.0286. The monoisotopic (exact) mass is 463 g/mol. The fourth-order valence-electron chi connectivity index (χ4n) is 5.71. The van der Waals surface area contributed by atoms with E-state index >= 15 is 0 Å². The van der Waals surface area contributed by atoms with Gasteiger partial charge in [0, 0.05) is 36.1 Å². The molecule has 6 rings (SSSR count). The van der Waals surface area contributed by atoms with Crippen LogP contribution in [0.15, 0.2) is 46.4 Å². The summed E-state index contributed by atoms with van der Waals surface area (Å²) in [7, 11) is 0. The number of nitrogens with zero attached hydrogens (tertiary/aromatic N) is 2. The van der Waals surface area contributed by atoms with E-state index in [1.54, 1.807) is 4.90 Å². The maximum atomic E-state index is 14.1. The summed E-state index contributed by atoms with van der Waals surface area (Å²) in [5, 5.41) is 15.3. The molecule has 4 fully saturated rings. The maximum absolute atomic E-state index is 14.1. The average Bonchev–Trinajstić information content (AvgIpc) is 3.34. The SMILES string of the molecule is N=C1CN(C(=O)c2ccc(F)cc2O[C@H]2C[C@H]3CC[C@@H](C2)N3)C/C1=C1\N=CC(C2CCC2)=CN1. The zero-order chi connectivity index (χ0) is 23.2. The number of amides is 1. The summed E-state index contributed by atoms with van der Waals surface area (Å²) in [5.41, 5.74) is 2.63. The Labute approximate surface area is 198 Å². The van der Waals surface area contributed by atoms with E-state index in [9.17, 15) is 9.18 Å². The zero-order valence-corrected chi connectivity index (χ0v) is 19.1. The van der Waals surface area contributed by atoms with Gasteiger partial charge in [-0.2, -0.15) is 0 Å². The van der Waals surface area contributed by atoms with Crippen LogP contribution >= 0.6 is 0 Å². The normalized spacial score (nSPS) is 30.7. The van der Waals surface area contributed by atoms with Gasteiger partial charge in [0.05, 0.1) is 24.4 Å². The van der Waals surface area contributed by atoms with E-state index in [4.69, 9.17) is 10.1 Å². The van der Waals surface area contributed by atoms with Crippen LogP contribution in [0.2, 0.25) is 0 Å². The van der Waals surface area contributed by atoms with Crippen LogP contribution in [-0.4, -0.2) is 54.0 Å². The van der Waals surface area contributed by atoms with E-state index in [0.717, 1.165) is 25.7 Å². The number of aliphatic imine (C=N–C) groups is 1. The van der Waals surface area contributed by atoms with E-state index in [2.05, 4.69) is 15.6 Å². The molecular formula is C26H30FN5O2. The van der Waals surface area contributed by atoms with Crippen molar-refractivity contribution in [3.8, 4) is 5.75 Å². The Kier molecular flexibility index (Phi) is 5.48. The highest BCUT2D eigenvalue weighted by Gasteiger charge is 2.36. The number of rotatable bonds is 4. The predicted octanol–water partition coefficient (Wildman–Crippen LogP) is 3.53. The van der Waals surface area contributed by atoms with Crippen LogP contribution in [0.25, 0.3) is 0 Å². The smallest absolute Gasteiger partial charge is 0.258 e. The van der Waals surface area contributed by atoms with Crippen molar-refractivity contribution >= 4 is 17.8 Å². The first-order valence-corrected chi connectivity index (χ1v) is 12.4. The summed E-state index contributed by atoms with van der Waals surface area (Å²) in [6.45, 7) is 0.487. The first-order valence-electron chi connectivity index (χ1n) is 12.4. The topological polar surface area (TPSA) is 89.8 Å². The zero-order valence-electron chi connectivity index (χ0n) is 19.1. The Morgan fingerprint density at radius 1 is 1.15 bits per heavy atom. The third-order valence-electron chi connectivity index (χ3n) is 7.83. The number of carbonyl (C=O) groups is 1. The second-order valence-electron chi connectivity index (χ2n) is 10.1. The third-order valence-corrected chi connectivity index (χ3v) is 7.83. The van der Waals surface area contributed by atoms with Gasteiger partial charge in [-0.25, -0.2) is 9.38 Å². The molecule has 1 amide bonds. The lowest BCUT2D eigenvalue weighted by molar-refractivity contribution is 0.0790. The fourth-order valence-corrected chi connectivity index (χ4v) is 5.71. The Balaban J connectivity index is 1.18. The van der Waals surface area contributed by atoms with E-state index in [0.29, 0.717) is 46.4 Å². The van der Waals surface area contributed by atoms with Crippen LogP contribution in [0.4, 0.5) is 4.39 Å². The summed E-state index contributed by atoms with van der Waals surface area (Å²) in [5.74, 6) is 0.832. The molecule has 5 aliphatic rings. The minimum Gasteiger partial charge on any atom is -0.489 e. The van der Waals surface area contributed by atoms with Crippen LogP contribution in [-0.2, 0) is 0 Å². The number of nitrogens with one attached hydrogen (secondary N) is 3. The molecular weight excluding hydrogens is 433 g/mol. The van der Waals surface area contributed by atoms with E-state index in [1.807, 2.05) is 12.4 Å². The first-order chi connectivity index (χ1) is 16.5. The molecule has 8 heteroatoms. The van der Waals surface area contributed by atoms with Gasteiger partial charge in [0.15, 0.2) is 0 Å². The van der Waals surface area contributed by atoms with Crippen molar-refractivity contribution in [2.75, 3.05) is 13.1 Å². The highest BCUT2D eigenvalue weighted by molar-refractivity contribution is 6.08. The second-order valence-corrected chi connectivity index (χ2v) is 10.1. The molecule has 4 aliphatic heterocycles. The number of likely N-dealkylation sites (tertiary alicyclic amines) is 1. The van der Waals surface area contributed by atoms with Crippen LogP contribution < -0.4 is 15.4 Å². The number of carbonyl (C=O) groups excluding carboxylic acids is 1. The molecule has 0 radical (unpaired) electrons. The van der Waals surface area contributed by atoms with Gasteiger partial charge in [-0.3, -0.25) is 4.79 Å². The van der Waals surface area contributed by atoms with Crippen molar-refractivity contribution in [2.45, 2.75) is 63.1 Å². The Hall–Kier alpha value is -3.00. The number of hydrogen-bond donors (Lipinski definition) is 3. The highest BCUT2D eigenvalue weighted by Crippen LogP contribution is 2.34. The quantitative estimate of drug-likeness (QED) is 0.637. The van der Waals surface area contributed by atoms with Gasteiger partial charge in [0.1, 0.15) is 23.5 Å². The molecule has 4 heterocycles. The number of piperidine rings is 1. The van der Waals surface area contributed by atoms with E-state index in [-0.39, 0.29) is 25.1 Å². The largest absolute Gasteiger partial charge is 0.489 e. The molecule has 0 unspecified atom stereocenters. The van der Waals surface area contributed by atoms with Crippen molar-refractivity contribution in [3.05, 3.63) is 52.7 Å². The standard InChI is InChI=1S/C26H30FN5O2/c27-17-4-7-21(24(8-17)34-20-9-18-5-6-19(10-20)31-18)26(33)32-13-22(23(28)14-32)25-29-11-16(12-30-25)15-2-1-3-15/h4,7-8,11-12,15,18-20,28-29,31H,1-3,5-6,9-10,13-14H2/b25-22+,28-23?/t18-,19+,20+. The predicted molar refractivity (Wildman–Crippen MR) is 128 cm³/mol. The molecule has 3 N–H and O–H groups in total. The molecule has 34 heavy (non-hydrogen) atoms. The maximum Gasteiger partial charge on any atom is 0.258 e. The van der Waals surface area contributed by atoms with Gasteiger partial charge in [0.2, 0.25) is 0 Å². The Morgan fingerprint density at radius 3 is 2.62 bits per heavy atom. The molecule has 1 saturated carbocycles. The molecule has 0 spiro atoms. The molecule has 1 aromatic carbocycles. The van der Waals surface area contributed by atoms with Crippen molar-refractivity contribution in [1.29, 1.82) is 5.41 Å². The molecule has 3 atom stereocenters. The molecule has 1 aliphatic carbocycles. The summed E-state index contributed by atoms with van der Waals surface area (Å²) < 4.78 is 20.3. The van der Waals surface area contributed by atoms with Crippen LogP contribution in [0.3, 0.4) is 0 Å². The van der Waals surface area contributed by atoms with Crippen LogP contribution in [0.1, 0.15) is 55.3 Å². The molecule has 2 bridgehead atoms. The van der Waals surface area contributed by atoms with Crippen molar-refractivity contribution < 1.29 is 13.9 Å². The van der Waals surface area contributed by atoms with Crippen LogP contribution in [0.5, 0.6) is 5.75 Å². The van der Waals surface area contributed by atoms with Gasteiger partial charge >= 0.3 is 0 Å². The minimum atomic E-state index is -0.421. The summed E-state index contributed by atoms with van der Waals surface area (Å²) in [6.07, 6.45) is 11.5. The van der Waals surface area contributed by atoms with Gasteiger partial charge in [0.25, 0.3) is 5.91 Å². The number of hydrogen-bond acceptors (Lipinski definition) is 6. The van der Waals surface area contributed by atoms with Gasteiger partial charge in [-0.1, -0.05) is 6.42 Å². The number of fused-ring (bicyclic) bond motifs is 2. The van der Waals surface area contributed by atoms with Gasteiger partial charge in [-0.15, -0.1) is 0 Å². The highest BCUT2D eigenvalue weighted by atomic mass is 19.1.